The van der Waals surface area contributed by atoms with Gasteiger partial charge in [-0.2, -0.15) is 0 Å². The van der Waals surface area contributed by atoms with E-state index in [0.29, 0.717) is 25.9 Å². The number of hydrogen-bond acceptors (Lipinski definition) is 7. The molecule has 0 aromatic carbocycles. The molecular weight excluding hydrogens is 242 g/mol. The monoisotopic (exact) mass is 259 g/mol. The summed E-state index contributed by atoms with van der Waals surface area (Å²) in [5.41, 5.74) is 0. The molecule has 0 amide bonds. The first kappa shape index (κ1) is 16.2. The maximum atomic E-state index is 11.1. The molecule has 0 rings (SSSR count). The Kier molecular flexibility index (Phi) is 10.6. The van der Waals surface area contributed by atoms with Gasteiger partial charge in [0, 0.05) is 6.54 Å². The van der Waals surface area contributed by atoms with E-state index in [1.54, 1.807) is 0 Å². The van der Waals surface area contributed by atoms with E-state index in [-0.39, 0.29) is 38.4 Å². The van der Waals surface area contributed by atoms with Gasteiger partial charge in [-0.15, -0.1) is 0 Å². The van der Waals surface area contributed by atoms with Crippen LogP contribution < -0.4 is 5.32 Å². The SMILES string of the molecule is O=COCCCCOC(=O)CCNCC(=O)C=O. The smallest absolute Gasteiger partial charge is 0.307 e. The summed E-state index contributed by atoms with van der Waals surface area (Å²) in [5.74, 6) is -0.934. The number of ether oxygens (including phenoxy) is 2. The molecular formula is C11H17NO6. The van der Waals surface area contributed by atoms with Gasteiger partial charge in [-0.1, -0.05) is 0 Å². The van der Waals surface area contributed by atoms with E-state index in [4.69, 9.17) is 4.74 Å². The zero-order valence-electron chi connectivity index (χ0n) is 10.1. The predicted octanol–water partition coefficient (Wildman–Crippen LogP) is -0.769. The summed E-state index contributed by atoms with van der Waals surface area (Å²) >= 11 is 0. The highest BCUT2D eigenvalue weighted by molar-refractivity contribution is 6.25. The topological polar surface area (TPSA) is 98.8 Å². The average Bonchev–Trinajstić information content (AvgIpc) is 2.38. The molecule has 0 saturated carbocycles. The summed E-state index contributed by atoms with van der Waals surface area (Å²) in [6, 6.07) is 0. The van der Waals surface area contributed by atoms with Crippen LogP contribution in [-0.4, -0.2) is 50.8 Å². The van der Waals surface area contributed by atoms with Crippen LogP contribution in [-0.2, 0) is 28.7 Å². The first-order chi connectivity index (χ1) is 8.70. The Balaban J connectivity index is 3.29. The number of hydrogen-bond donors (Lipinski definition) is 1. The third-order valence-corrected chi connectivity index (χ3v) is 1.92. The maximum absolute atomic E-state index is 11.1. The zero-order valence-corrected chi connectivity index (χ0v) is 10.1. The molecule has 0 aromatic rings. The second-order valence-corrected chi connectivity index (χ2v) is 3.41. The second kappa shape index (κ2) is 11.7. The number of rotatable bonds is 12. The van der Waals surface area contributed by atoms with Crippen LogP contribution in [0.15, 0.2) is 0 Å². The molecule has 0 aliphatic heterocycles. The molecule has 18 heavy (non-hydrogen) atoms. The van der Waals surface area contributed by atoms with E-state index in [1.165, 1.54) is 0 Å². The van der Waals surface area contributed by atoms with E-state index in [1.807, 2.05) is 0 Å². The van der Waals surface area contributed by atoms with Crippen molar-refractivity contribution in [3.63, 3.8) is 0 Å². The van der Waals surface area contributed by atoms with E-state index in [0.717, 1.165) is 0 Å². The molecule has 0 fully saturated rings. The molecule has 102 valence electrons. The lowest BCUT2D eigenvalue weighted by Gasteiger charge is -2.04. The highest BCUT2D eigenvalue weighted by Crippen LogP contribution is 1.93. The number of unbranched alkanes of at least 4 members (excludes halogenated alkanes) is 1. The number of ketones is 1. The fourth-order valence-corrected chi connectivity index (χ4v) is 1.04. The van der Waals surface area contributed by atoms with Gasteiger partial charge in [-0.3, -0.25) is 19.2 Å². The van der Waals surface area contributed by atoms with Gasteiger partial charge in [-0.25, -0.2) is 0 Å². The van der Waals surface area contributed by atoms with E-state index < -0.39 is 5.78 Å². The van der Waals surface area contributed by atoms with Gasteiger partial charge < -0.3 is 14.8 Å². The molecule has 7 nitrogen and oxygen atoms in total. The Morgan fingerprint density at radius 3 is 2.50 bits per heavy atom. The summed E-state index contributed by atoms with van der Waals surface area (Å²) < 4.78 is 9.34. The predicted molar refractivity (Wildman–Crippen MR) is 60.8 cm³/mol. The van der Waals surface area contributed by atoms with Crippen LogP contribution in [0, 0.1) is 0 Å². The highest BCUT2D eigenvalue weighted by atomic mass is 16.5. The van der Waals surface area contributed by atoms with E-state index in [9.17, 15) is 19.2 Å². The van der Waals surface area contributed by atoms with Crippen molar-refractivity contribution in [3.05, 3.63) is 0 Å². The third-order valence-electron chi connectivity index (χ3n) is 1.92. The minimum absolute atomic E-state index is 0.0696. The van der Waals surface area contributed by atoms with Crippen molar-refractivity contribution in [1.82, 2.24) is 5.32 Å². The van der Waals surface area contributed by atoms with Crippen molar-refractivity contribution in [2.75, 3.05) is 26.3 Å². The Hall–Kier alpha value is -1.76. The first-order valence-electron chi connectivity index (χ1n) is 5.60. The number of carbonyl (C=O) groups is 4. The van der Waals surface area contributed by atoms with Crippen LogP contribution in [0.25, 0.3) is 0 Å². The molecule has 0 aliphatic carbocycles. The Morgan fingerprint density at radius 2 is 1.83 bits per heavy atom. The molecule has 0 bridgehead atoms. The van der Waals surface area contributed by atoms with Crippen molar-refractivity contribution in [3.8, 4) is 0 Å². The normalized spacial score (nSPS) is 9.56. The van der Waals surface area contributed by atoms with Crippen LogP contribution in [0.3, 0.4) is 0 Å². The Morgan fingerprint density at radius 1 is 1.11 bits per heavy atom. The summed E-state index contributed by atoms with van der Waals surface area (Å²) in [4.78, 5) is 41.5. The Bertz CT molecular complexity index is 279. The summed E-state index contributed by atoms with van der Waals surface area (Å²) in [6.45, 7) is 1.18. The largest absolute Gasteiger partial charge is 0.468 e. The van der Waals surface area contributed by atoms with E-state index >= 15 is 0 Å². The highest BCUT2D eigenvalue weighted by Gasteiger charge is 2.03. The van der Waals surface area contributed by atoms with Crippen molar-refractivity contribution >= 4 is 24.5 Å². The maximum Gasteiger partial charge on any atom is 0.307 e. The van der Waals surface area contributed by atoms with E-state index in [2.05, 4.69) is 10.1 Å². The average molecular weight is 259 g/mol. The van der Waals surface area contributed by atoms with Gasteiger partial charge >= 0.3 is 5.97 Å². The van der Waals surface area contributed by atoms with Crippen molar-refractivity contribution < 1.29 is 28.7 Å². The molecule has 0 aromatic heterocycles. The first-order valence-corrected chi connectivity index (χ1v) is 5.60. The molecule has 0 radical (unpaired) electrons. The summed E-state index contributed by atoms with van der Waals surface area (Å²) in [7, 11) is 0. The second-order valence-electron chi connectivity index (χ2n) is 3.41. The number of carbonyl (C=O) groups excluding carboxylic acids is 4. The van der Waals surface area contributed by atoms with Crippen LogP contribution in [0.5, 0.6) is 0 Å². The Labute approximate surface area is 105 Å². The fraction of sp³-hybridized carbons (Fsp3) is 0.636. The molecule has 0 heterocycles. The van der Waals surface area contributed by atoms with Gasteiger partial charge in [0.2, 0.25) is 5.78 Å². The lowest BCUT2D eigenvalue weighted by Crippen LogP contribution is -2.26. The summed E-state index contributed by atoms with van der Waals surface area (Å²) in [5, 5.41) is 2.64. The zero-order chi connectivity index (χ0) is 13.6. The molecule has 0 aliphatic rings. The van der Waals surface area contributed by atoms with Gasteiger partial charge in [-0.05, 0) is 12.8 Å². The lowest BCUT2D eigenvalue weighted by atomic mass is 10.3. The van der Waals surface area contributed by atoms with Gasteiger partial charge in [0.25, 0.3) is 6.47 Å². The molecule has 0 spiro atoms. The van der Waals surface area contributed by atoms with Gasteiger partial charge in [0.15, 0.2) is 6.29 Å². The van der Waals surface area contributed by atoms with Crippen LogP contribution in [0.2, 0.25) is 0 Å². The number of aldehydes is 1. The van der Waals surface area contributed by atoms with Gasteiger partial charge in [0.05, 0.1) is 26.2 Å². The lowest BCUT2D eigenvalue weighted by molar-refractivity contribution is -0.144. The summed E-state index contributed by atoms with van der Waals surface area (Å²) in [6.07, 6.45) is 1.62. The number of nitrogens with one attached hydrogen (secondary N) is 1. The van der Waals surface area contributed by atoms with Crippen molar-refractivity contribution in [2.24, 2.45) is 0 Å². The number of Topliss-reactive ketones (excluding diaryl/α,β-unsaturated/α-hetero) is 1. The molecule has 0 unspecified atom stereocenters. The van der Waals surface area contributed by atoms with Crippen LogP contribution in [0.4, 0.5) is 0 Å². The standard InChI is InChI=1S/C11H17NO6/c13-8-10(15)7-12-4-3-11(16)18-6-2-1-5-17-9-14/h8-9,12H,1-7H2. The minimum atomic E-state index is -0.557. The third kappa shape index (κ3) is 10.7. The van der Waals surface area contributed by atoms with Gasteiger partial charge in [0.1, 0.15) is 0 Å². The minimum Gasteiger partial charge on any atom is -0.468 e. The van der Waals surface area contributed by atoms with Crippen LogP contribution in [0.1, 0.15) is 19.3 Å². The van der Waals surface area contributed by atoms with Crippen LogP contribution >= 0.6 is 0 Å². The van der Waals surface area contributed by atoms with Crippen molar-refractivity contribution in [2.45, 2.75) is 19.3 Å². The molecule has 1 N–H and O–H groups in total. The quantitative estimate of drug-likeness (QED) is 0.213. The molecule has 7 heteroatoms. The van der Waals surface area contributed by atoms with Crippen molar-refractivity contribution in [1.29, 1.82) is 0 Å². The fourth-order valence-electron chi connectivity index (χ4n) is 1.04. The molecule has 0 saturated heterocycles. The molecule has 0 atom stereocenters. The number of esters is 1.